The number of aryl methyl sites for hydroxylation is 6. The highest BCUT2D eigenvalue weighted by molar-refractivity contribution is 6.12. The van der Waals surface area contributed by atoms with E-state index < -0.39 is 0 Å². The number of rotatable bonds is 3. The average Bonchev–Trinajstić information content (AvgIpc) is 3.50. The van der Waals surface area contributed by atoms with E-state index >= 15 is 0 Å². The van der Waals surface area contributed by atoms with Crippen LogP contribution in [0, 0.1) is 48.1 Å². The predicted molar refractivity (Wildman–Crippen MR) is 189 cm³/mol. The third kappa shape index (κ3) is 4.20. The molecular weight excluding hydrogens is 564 g/mol. The van der Waals surface area contributed by atoms with Crippen molar-refractivity contribution >= 4 is 49.3 Å². The maximum absolute atomic E-state index is 8.36. The Kier molecular flexibility index (Phi) is 6.10. The quantitative estimate of drug-likeness (QED) is 0.191. The van der Waals surface area contributed by atoms with E-state index in [1.54, 1.807) is 0 Å². The van der Waals surface area contributed by atoms with Crippen LogP contribution >= 0.6 is 0 Å². The SMILES string of the molecule is [C-]#[N+]c1cc(-n2c3cc(C)ccc3c3ccc(C)cc32)c(-n2c3cc(C)ccc3c3ccc(C)cc32)cc1-c1nc(C)nc(C)n1. The van der Waals surface area contributed by atoms with E-state index in [1.165, 1.54) is 43.8 Å². The van der Waals surface area contributed by atoms with Crippen molar-refractivity contribution in [2.75, 3.05) is 0 Å². The van der Waals surface area contributed by atoms with Crippen LogP contribution in [0.15, 0.2) is 84.9 Å². The molecule has 46 heavy (non-hydrogen) atoms. The molecule has 0 radical (unpaired) electrons. The van der Waals surface area contributed by atoms with Gasteiger partial charge in [0.25, 0.3) is 0 Å². The molecular formula is C40H32N6. The van der Waals surface area contributed by atoms with E-state index in [0.717, 1.165) is 33.4 Å². The molecule has 0 saturated carbocycles. The van der Waals surface area contributed by atoms with Crippen LogP contribution in [-0.2, 0) is 0 Å². The molecule has 0 N–H and O–H groups in total. The van der Waals surface area contributed by atoms with Gasteiger partial charge in [-0.05, 0) is 100 Å². The van der Waals surface area contributed by atoms with Gasteiger partial charge in [0.2, 0.25) is 0 Å². The number of fused-ring (bicyclic) bond motifs is 6. The van der Waals surface area contributed by atoms with E-state index in [1.807, 2.05) is 19.9 Å². The first-order valence-corrected chi connectivity index (χ1v) is 15.5. The second-order valence-electron chi connectivity index (χ2n) is 12.5. The summed E-state index contributed by atoms with van der Waals surface area (Å²) in [5, 5.41) is 4.72. The Morgan fingerprint density at radius 1 is 0.478 bits per heavy atom. The molecule has 8 aromatic rings. The first-order valence-electron chi connectivity index (χ1n) is 15.5. The lowest BCUT2D eigenvalue weighted by atomic mass is 10.1. The van der Waals surface area contributed by atoms with Crippen LogP contribution in [0.5, 0.6) is 0 Å². The summed E-state index contributed by atoms with van der Waals surface area (Å²) in [5.74, 6) is 1.76. The lowest BCUT2D eigenvalue weighted by Gasteiger charge is -2.20. The largest absolute Gasteiger partial charge is 0.308 e. The van der Waals surface area contributed by atoms with Crippen LogP contribution in [0.2, 0.25) is 0 Å². The predicted octanol–water partition coefficient (Wildman–Crippen LogP) is 10.1. The van der Waals surface area contributed by atoms with Crippen molar-refractivity contribution in [1.82, 2.24) is 24.1 Å². The molecule has 8 rings (SSSR count). The number of hydrogen-bond acceptors (Lipinski definition) is 3. The second-order valence-corrected chi connectivity index (χ2v) is 12.5. The van der Waals surface area contributed by atoms with Crippen molar-refractivity contribution in [3.8, 4) is 22.8 Å². The topological polar surface area (TPSA) is 52.9 Å². The number of aromatic nitrogens is 5. The molecule has 0 saturated heterocycles. The first-order chi connectivity index (χ1) is 22.2. The van der Waals surface area contributed by atoms with E-state index in [-0.39, 0.29) is 0 Å². The van der Waals surface area contributed by atoms with Crippen molar-refractivity contribution in [3.05, 3.63) is 130 Å². The molecule has 6 heteroatoms. The molecule has 0 aliphatic carbocycles. The zero-order valence-electron chi connectivity index (χ0n) is 26.8. The smallest absolute Gasteiger partial charge is 0.200 e. The van der Waals surface area contributed by atoms with Crippen LogP contribution in [0.25, 0.3) is 71.2 Å². The molecule has 6 nitrogen and oxygen atoms in total. The average molecular weight is 597 g/mol. The van der Waals surface area contributed by atoms with Crippen molar-refractivity contribution in [1.29, 1.82) is 0 Å². The van der Waals surface area contributed by atoms with Gasteiger partial charge < -0.3 is 9.13 Å². The number of nitrogens with zero attached hydrogens (tertiary/aromatic N) is 6. The van der Waals surface area contributed by atoms with Crippen LogP contribution in [0.3, 0.4) is 0 Å². The van der Waals surface area contributed by atoms with Crippen molar-refractivity contribution in [2.24, 2.45) is 0 Å². The lowest BCUT2D eigenvalue weighted by molar-refractivity contribution is 0.928. The molecule has 222 valence electrons. The minimum Gasteiger partial charge on any atom is -0.308 e. The van der Waals surface area contributed by atoms with Gasteiger partial charge in [-0.25, -0.2) is 19.8 Å². The molecule has 0 unspecified atom stereocenters. The van der Waals surface area contributed by atoms with Crippen molar-refractivity contribution < 1.29 is 0 Å². The Bertz CT molecular complexity index is 2470. The van der Waals surface area contributed by atoms with E-state index in [0.29, 0.717) is 28.7 Å². The molecule has 3 aromatic heterocycles. The zero-order valence-corrected chi connectivity index (χ0v) is 26.8. The highest BCUT2D eigenvalue weighted by Gasteiger charge is 2.23. The third-order valence-corrected chi connectivity index (χ3v) is 8.95. The first kappa shape index (κ1) is 27.7. The summed E-state index contributed by atoms with van der Waals surface area (Å²) in [4.78, 5) is 17.9. The molecule has 0 bridgehead atoms. The van der Waals surface area contributed by atoms with Crippen LogP contribution in [-0.4, -0.2) is 24.1 Å². The Morgan fingerprint density at radius 2 is 0.848 bits per heavy atom. The van der Waals surface area contributed by atoms with Gasteiger partial charge >= 0.3 is 0 Å². The number of benzene rings is 5. The van der Waals surface area contributed by atoms with Gasteiger partial charge in [-0.3, -0.25) is 0 Å². The fourth-order valence-electron chi connectivity index (χ4n) is 6.93. The summed E-state index contributed by atoms with van der Waals surface area (Å²) >= 11 is 0. The standard InChI is InChI=1S/C40H32N6/c1-22-8-12-28-29-13-9-23(2)17-35(29)45(34(28)16-22)38-20-32(40-43-26(5)42-27(6)44-40)33(41-7)21-39(38)46-36-18-24(3)10-14-30(36)31-15-11-25(4)19-37(31)46/h8-21H,1-6H3. The van der Waals surface area contributed by atoms with Crippen LogP contribution in [0.4, 0.5) is 5.69 Å². The van der Waals surface area contributed by atoms with Crippen molar-refractivity contribution in [3.63, 3.8) is 0 Å². The summed E-state index contributed by atoms with van der Waals surface area (Å²) in [7, 11) is 0. The minimum atomic E-state index is 0.493. The summed E-state index contributed by atoms with van der Waals surface area (Å²) in [6, 6.07) is 30.7. The van der Waals surface area contributed by atoms with E-state index in [4.69, 9.17) is 16.5 Å². The highest BCUT2D eigenvalue weighted by Crippen LogP contribution is 2.43. The normalized spacial score (nSPS) is 11.7. The van der Waals surface area contributed by atoms with E-state index in [2.05, 4.69) is 126 Å². The van der Waals surface area contributed by atoms with Crippen molar-refractivity contribution in [2.45, 2.75) is 41.5 Å². The van der Waals surface area contributed by atoms with E-state index in [9.17, 15) is 0 Å². The second kappa shape index (κ2) is 10.1. The maximum Gasteiger partial charge on any atom is 0.200 e. The van der Waals surface area contributed by atoms with Gasteiger partial charge in [0.05, 0.1) is 40.0 Å². The molecule has 0 amide bonds. The molecule has 0 aliphatic heterocycles. The maximum atomic E-state index is 8.36. The van der Waals surface area contributed by atoms with Gasteiger partial charge in [0, 0.05) is 27.1 Å². The summed E-state index contributed by atoms with van der Waals surface area (Å²) in [6.07, 6.45) is 0. The summed E-state index contributed by atoms with van der Waals surface area (Å²) < 4.78 is 4.70. The van der Waals surface area contributed by atoms with Gasteiger partial charge in [-0.15, -0.1) is 0 Å². The Balaban J connectivity index is 1.61. The Hall–Kier alpha value is -5.80. The zero-order chi connectivity index (χ0) is 31.9. The summed E-state index contributed by atoms with van der Waals surface area (Å²) in [6.45, 7) is 20.6. The van der Waals surface area contributed by atoms with Crippen LogP contribution in [0.1, 0.15) is 33.9 Å². The third-order valence-electron chi connectivity index (χ3n) is 8.95. The van der Waals surface area contributed by atoms with Gasteiger partial charge in [0.15, 0.2) is 11.5 Å². The summed E-state index contributed by atoms with van der Waals surface area (Å²) in [5.41, 5.74) is 12.2. The molecule has 5 aromatic carbocycles. The molecule has 0 aliphatic rings. The Morgan fingerprint density at radius 3 is 1.22 bits per heavy atom. The monoisotopic (exact) mass is 596 g/mol. The molecule has 0 spiro atoms. The fourth-order valence-corrected chi connectivity index (χ4v) is 6.93. The molecule has 3 heterocycles. The van der Waals surface area contributed by atoms with Gasteiger partial charge in [-0.1, -0.05) is 48.5 Å². The van der Waals surface area contributed by atoms with Gasteiger partial charge in [-0.2, -0.15) is 0 Å². The highest BCUT2D eigenvalue weighted by atomic mass is 15.1. The fraction of sp³-hybridized carbons (Fsp3) is 0.150. The molecule has 0 fully saturated rings. The minimum absolute atomic E-state index is 0.493. The Labute approximate surface area is 267 Å². The van der Waals surface area contributed by atoms with Crippen LogP contribution < -0.4 is 0 Å². The lowest BCUT2D eigenvalue weighted by Crippen LogP contribution is -2.06. The number of hydrogen-bond donors (Lipinski definition) is 0. The molecule has 0 atom stereocenters. The van der Waals surface area contributed by atoms with Gasteiger partial charge in [0.1, 0.15) is 11.6 Å².